The Morgan fingerprint density at radius 2 is 1.40 bits per heavy atom. The second kappa shape index (κ2) is 4.82. The fraction of sp³-hybridized carbons (Fsp3) is 0.235. The molecule has 3 heteroatoms. The van der Waals surface area contributed by atoms with E-state index in [1.54, 1.807) is 12.1 Å². The lowest BCUT2D eigenvalue weighted by atomic mass is 9.85. The Balaban J connectivity index is 2.23. The van der Waals surface area contributed by atoms with Crippen molar-refractivity contribution in [3.8, 4) is 0 Å². The van der Waals surface area contributed by atoms with Crippen molar-refractivity contribution in [2.75, 3.05) is 0 Å². The van der Waals surface area contributed by atoms with Gasteiger partial charge in [0.25, 0.3) is 0 Å². The third-order valence-corrected chi connectivity index (χ3v) is 3.90. The molecule has 0 aliphatic heterocycles. The van der Waals surface area contributed by atoms with E-state index in [0.717, 1.165) is 22.3 Å². The van der Waals surface area contributed by atoms with Crippen LogP contribution in [-0.4, -0.2) is 5.78 Å². The minimum Gasteiger partial charge on any atom is -0.299 e. The highest BCUT2D eigenvalue weighted by Gasteiger charge is 2.27. The van der Waals surface area contributed by atoms with Gasteiger partial charge in [0.1, 0.15) is 17.4 Å². The molecule has 0 amide bonds. The lowest BCUT2D eigenvalue weighted by Crippen LogP contribution is -2.12. The number of hydrogen-bond donors (Lipinski definition) is 0. The van der Waals surface area contributed by atoms with Crippen LogP contribution in [0.4, 0.5) is 8.78 Å². The predicted molar refractivity (Wildman–Crippen MR) is 72.7 cm³/mol. The topological polar surface area (TPSA) is 17.1 Å². The summed E-state index contributed by atoms with van der Waals surface area (Å²) in [6, 6.07) is 9.07. The monoisotopic (exact) mass is 272 g/mol. The van der Waals surface area contributed by atoms with Gasteiger partial charge in [0.2, 0.25) is 0 Å². The highest BCUT2D eigenvalue weighted by Crippen LogP contribution is 2.35. The van der Waals surface area contributed by atoms with Gasteiger partial charge in [-0.3, -0.25) is 4.79 Å². The summed E-state index contributed by atoms with van der Waals surface area (Å²) in [5, 5.41) is 0. The number of hydrogen-bond acceptors (Lipinski definition) is 1. The van der Waals surface area contributed by atoms with Crippen LogP contribution in [0, 0.1) is 11.6 Å². The lowest BCUT2D eigenvalue weighted by Gasteiger charge is -2.17. The molecule has 0 fully saturated rings. The van der Waals surface area contributed by atoms with Crippen molar-refractivity contribution in [1.82, 2.24) is 0 Å². The maximum absolute atomic E-state index is 13.4. The summed E-state index contributed by atoms with van der Waals surface area (Å²) < 4.78 is 26.8. The van der Waals surface area contributed by atoms with Crippen LogP contribution in [-0.2, 0) is 17.6 Å². The zero-order chi connectivity index (χ0) is 14.3. The molecule has 0 atom stereocenters. The first kappa shape index (κ1) is 13.0. The number of fused-ring (bicyclic) bond motifs is 2. The van der Waals surface area contributed by atoms with Crippen LogP contribution in [0.15, 0.2) is 36.4 Å². The summed E-state index contributed by atoms with van der Waals surface area (Å²) in [6.45, 7) is 1.52. The molecule has 0 bridgehead atoms. The SMILES string of the molecule is CC(=O)C1c2ccc(F)cc2CCc2cc(F)ccc21. The zero-order valence-electron chi connectivity index (χ0n) is 11.1. The summed E-state index contributed by atoms with van der Waals surface area (Å²) >= 11 is 0. The standard InChI is InChI=1S/C17H14F2O/c1-10(20)17-15-6-4-13(18)8-11(15)2-3-12-9-14(19)5-7-16(12)17/h4-9,17H,2-3H2,1H3. The number of Topliss-reactive ketones (excluding diaryl/α,β-unsaturated/α-hetero) is 1. The molecule has 0 unspecified atom stereocenters. The van der Waals surface area contributed by atoms with Crippen molar-refractivity contribution in [1.29, 1.82) is 0 Å². The maximum Gasteiger partial charge on any atom is 0.141 e. The summed E-state index contributed by atoms with van der Waals surface area (Å²) in [4.78, 5) is 12.1. The molecule has 1 nitrogen and oxygen atoms in total. The van der Waals surface area contributed by atoms with Crippen molar-refractivity contribution in [2.45, 2.75) is 25.7 Å². The van der Waals surface area contributed by atoms with E-state index < -0.39 is 5.92 Å². The Bertz CT molecular complexity index is 638. The van der Waals surface area contributed by atoms with Gasteiger partial charge in [-0.15, -0.1) is 0 Å². The summed E-state index contributed by atoms with van der Waals surface area (Å²) in [7, 11) is 0. The summed E-state index contributed by atoms with van der Waals surface area (Å²) in [5.74, 6) is -1.04. The lowest BCUT2D eigenvalue weighted by molar-refractivity contribution is -0.117. The van der Waals surface area contributed by atoms with Crippen LogP contribution in [0.5, 0.6) is 0 Å². The van der Waals surface area contributed by atoms with E-state index in [1.807, 2.05) is 0 Å². The quantitative estimate of drug-likeness (QED) is 0.772. The van der Waals surface area contributed by atoms with Crippen molar-refractivity contribution in [2.24, 2.45) is 0 Å². The number of benzene rings is 2. The second-order valence-corrected chi connectivity index (χ2v) is 5.23. The van der Waals surface area contributed by atoms with Gasteiger partial charge >= 0.3 is 0 Å². The molecule has 0 spiro atoms. The van der Waals surface area contributed by atoms with Crippen molar-refractivity contribution in [3.63, 3.8) is 0 Å². The molecule has 20 heavy (non-hydrogen) atoms. The molecule has 0 saturated heterocycles. The predicted octanol–water partition coefficient (Wildman–Crippen LogP) is 3.78. The van der Waals surface area contributed by atoms with E-state index in [-0.39, 0.29) is 17.4 Å². The molecule has 3 rings (SSSR count). The third-order valence-electron chi connectivity index (χ3n) is 3.90. The molecular formula is C17H14F2O. The van der Waals surface area contributed by atoms with Gasteiger partial charge in [0, 0.05) is 0 Å². The first-order valence-electron chi connectivity index (χ1n) is 6.63. The molecule has 102 valence electrons. The fourth-order valence-electron chi connectivity index (χ4n) is 3.02. The van der Waals surface area contributed by atoms with Crippen molar-refractivity contribution in [3.05, 3.63) is 70.3 Å². The van der Waals surface area contributed by atoms with Crippen LogP contribution in [0.2, 0.25) is 0 Å². The molecule has 1 aliphatic carbocycles. The first-order chi connectivity index (χ1) is 9.56. The largest absolute Gasteiger partial charge is 0.299 e. The molecule has 1 aliphatic rings. The van der Waals surface area contributed by atoms with Gasteiger partial charge in [0.05, 0.1) is 5.92 Å². The van der Waals surface area contributed by atoms with Crippen molar-refractivity contribution >= 4 is 5.78 Å². The molecule has 0 radical (unpaired) electrons. The van der Waals surface area contributed by atoms with Crippen molar-refractivity contribution < 1.29 is 13.6 Å². The van der Waals surface area contributed by atoms with E-state index in [0.29, 0.717) is 12.8 Å². The summed E-state index contributed by atoms with van der Waals surface area (Å²) in [5.41, 5.74) is 3.34. The highest BCUT2D eigenvalue weighted by atomic mass is 19.1. The average Bonchev–Trinajstić information content (AvgIpc) is 2.55. The van der Waals surface area contributed by atoms with Gasteiger partial charge in [-0.1, -0.05) is 12.1 Å². The Hall–Kier alpha value is -2.03. The number of rotatable bonds is 1. The zero-order valence-corrected chi connectivity index (χ0v) is 11.1. The molecule has 2 aromatic carbocycles. The normalized spacial score (nSPS) is 14.3. The fourth-order valence-corrected chi connectivity index (χ4v) is 3.02. The van der Waals surface area contributed by atoms with E-state index >= 15 is 0 Å². The Morgan fingerprint density at radius 1 is 0.950 bits per heavy atom. The van der Waals surface area contributed by atoms with Gasteiger partial charge in [0.15, 0.2) is 0 Å². The number of carbonyl (C=O) groups is 1. The van der Waals surface area contributed by atoms with Gasteiger partial charge in [-0.2, -0.15) is 0 Å². The third kappa shape index (κ3) is 2.13. The molecular weight excluding hydrogens is 258 g/mol. The number of aryl methyl sites for hydroxylation is 2. The highest BCUT2D eigenvalue weighted by molar-refractivity contribution is 5.88. The van der Waals surface area contributed by atoms with Gasteiger partial charge in [-0.25, -0.2) is 8.78 Å². The van der Waals surface area contributed by atoms with Gasteiger partial charge in [-0.05, 0) is 66.3 Å². The van der Waals surface area contributed by atoms with E-state index in [9.17, 15) is 13.6 Å². The number of halogens is 2. The van der Waals surface area contributed by atoms with Gasteiger partial charge < -0.3 is 0 Å². The van der Waals surface area contributed by atoms with Crippen LogP contribution < -0.4 is 0 Å². The van der Waals surface area contributed by atoms with E-state index in [1.165, 1.54) is 31.2 Å². The average molecular weight is 272 g/mol. The molecule has 0 heterocycles. The molecule has 0 saturated carbocycles. The van der Waals surface area contributed by atoms with Crippen LogP contribution >= 0.6 is 0 Å². The maximum atomic E-state index is 13.4. The van der Waals surface area contributed by atoms with E-state index in [4.69, 9.17) is 0 Å². The minimum atomic E-state index is -0.427. The molecule has 0 aromatic heterocycles. The van der Waals surface area contributed by atoms with Crippen LogP contribution in [0.3, 0.4) is 0 Å². The number of carbonyl (C=O) groups excluding carboxylic acids is 1. The first-order valence-corrected chi connectivity index (χ1v) is 6.63. The summed E-state index contributed by atoms with van der Waals surface area (Å²) in [6.07, 6.45) is 1.24. The van der Waals surface area contributed by atoms with E-state index in [2.05, 4.69) is 0 Å². The molecule has 2 aromatic rings. The van der Waals surface area contributed by atoms with Crippen LogP contribution in [0.25, 0.3) is 0 Å². The minimum absolute atomic E-state index is 0.00684. The Morgan fingerprint density at radius 3 is 1.80 bits per heavy atom. The molecule has 0 N–H and O–H groups in total. The second-order valence-electron chi connectivity index (χ2n) is 5.23. The Kier molecular flexibility index (Phi) is 3.13. The smallest absolute Gasteiger partial charge is 0.141 e. The Labute approximate surface area is 116 Å². The van der Waals surface area contributed by atoms with Crippen LogP contribution in [0.1, 0.15) is 35.1 Å². The number of ketones is 1.